The maximum atomic E-state index is 12.6. The van der Waals surface area contributed by atoms with Gasteiger partial charge in [-0.15, -0.1) is 0 Å². The summed E-state index contributed by atoms with van der Waals surface area (Å²) < 4.78 is 33.3. The molecule has 29 heavy (non-hydrogen) atoms. The van der Waals surface area contributed by atoms with Gasteiger partial charge in [-0.25, -0.2) is 13.1 Å². The Bertz CT molecular complexity index is 1050. The van der Waals surface area contributed by atoms with Crippen LogP contribution in [0.25, 0.3) is 0 Å². The number of halogens is 1. The first kappa shape index (κ1) is 20.2. The Labute approximate surface area is 175 Å². The van der Waals surface area contributed by atoms with E-state index in [0.717, 1.165) is 29.7 Å². The molecule has 4 rings (SSSR count). The van der Waals surface area contributed by atoms with Crippen LogP contribution in [-0.2, 0) is 21.2 Å². The van der Waals surface area contributed by atoms with Gasteiger partial charge in [-0.2, -0.15) is 0 Å². The van der Waals surface area contributed by atoms with E-state index in [4.69, 9.17) is 16.3 Å². The largest absolute Gasteiger partial charge is 0.492 e. The number of aryl methyl sites for hydroxylation is 1. The third-order valence-electron chi connectivity index (χ3n) is 5.26. The van der Waals surface area contributed by atoms with Crippen LogP contribution in [0.15, 0.2) is 41.3 Å². The van der Waals surface area contributed by atoms with Crippen LogP contribution >= 0.6 is 11.6 Å². The van der Waals surface area contributed by atoms with Gasteiger partial charge >= 0.3 is 0 Å². The predicted octanol–water partition coefficient (Wildman–Crippen LogP) is 3.30. The van der Waals surface area contributed by atoms with Crippen molar-refractivity contribution < 1.29 is 17.9 Å². The van der Waals surface area contributed by atoms with Gasteiger partial charge in [0.25, 0.3) is 0 Å². The van der Waals surface area contributed by atoms with Crippen molar-refractivity contribution in [1.82, 2.24) is 4.72 Å². The number of rotatable bonds is 7. The van der Waals surface area contributed by atoms with E-state index in [1.54, 1.807) is 35.2 Å². The van der Waals surface area contributed by atoms with Crippen molar-refractivity contribution in [3.8, 4) is 5.75 Å². The summed E-state index contributed by atoms with van der Waals surface area (Å²) in [6.07, 6.45) is 2.59. The summed E-state index contributed by atoms with van der Waals surface area (Å²) in [6.45, 7) is 2.84. The molecule has 1 amide bonds. The van der Waals surface area contributed by atoms with Crippen LogP contribution in [0, 0.1) is 12.8 Å². The first-order valence-electron chi connectivity index (χ1n) is 9.68. The number of carbonyl (C=O) groups is 1. The molecule has 1 saturated carbocycles. The summed E-state index contributed by atoms with van der Waals surface area (Å²) in [6, 6.07) is 10.3. The maximum absolute atomic E-state index is 12.6. The van der Waals surface area contributed by atoms with Crippen molar-refractivity contribution in [2.45, 2.75) is 31.1 Å². The predicted molar refractivity (Wildman–Crippen MR) is 112 cm³/mol. The maximum Gasteiger partial charge on any atom is 0.240 e. The molecule has 2 aromatic carbocycles. The first-order chi connectivity index (χ1) is 13.8. The highest BCUT2D eigenvalue weighted by molar-refractivity contribution is 7.89. The van der Waals surface area contributed by atoms with Crippen molar-refractivity contribution in [3.63, 3.8) is 0 Å². The topological polar surface area (TPSA) is 75.7 Å². The molecule has 0 unspecified atom stereocenters. The number of ether oxygens (including phenoxy) is 1. The number of fused-ring (bicyclic) bond motifs is 1. The molecule has 0 spiro atoms. The number of hydrogen-bond acceptors (Lipinski definition) is 4. The lowest BCUT2D eigenvalue weighted by Gasteiger charge is -2.17. The second kappa shape index (κ2) is 7.97. The fraction of sp³-hybridized carbons (Fsp3) is 0.381. The molecule has 1 aliphatic heterocycles. The molecule has 8 heteroatoms. The zero-order chi connectivity index (χ0) is 20.6. The minimum absolute atomic E-state index is 0.136. The lowest BCUT2D eigenvalue weighted by Crippen LogP contribution is -2.30. The fourth-order valence-corrected chi connectivity index (χ4v) is 4.65. The van der Waals surface area contributed by atoms with Crippen LogP contribution in [0.3, 0.4) is 0 Å². The second-order valence-electron chi connectivity index (χ2n) is 7.46. The SMILES string of the molecule is Cc1ccc(OCCNS(=O)(=O)c2ccc3c(c2)CCN3C(=O)C2CC2)cc1Cl. The van der Waals surface area contributed by atoms with Gasteiger partial charge < -0.3 is 9.64 Å². The standard InChI is InChI=1S/C21H23ClN2O4S/c1-14-2-5-17(13-19(14)22)28-11-9-23-29(26,27)18-6-7-20-16(12-18)8-10-24(20)21(25)15-3-4-15/h2,5-7,12-13,15,23H,3-4,8-11H2,1H3. The Balaban J connectivity index is 1.36. The summed E-state index contributed by atoms with van der Waals surface area (Å²) in [4.78, 5) is 14.3. The number of benzene rings is 2. The Kier molecular flexibility index (Phi) is 5.55. The van der Waals surface area contributed by atoms with Crippen molar-refractivity contribution in [1.29, 1.82) is 0 Å². The molecule has 1 N–H and O–H groups in total. The van der Waals surface area contributed by atoms with Crippen molar-refractivity contribution in [2.24, 2.45) is 5.92 Å². The molecule has 0 radical (unpaired) electrons. The molecule has 1 fully saturated rings. The van der Waals surface area contributed by atoms with Crippen molar-refractivity contribution in [2.75, 3.05) is 24.6 Å². The molecule has 0 atom stereocenters. The molecular formula is C21H23ClN2O4S. The highest BCUT2D eigenvalue weighted by Gasteiger charge is 2.36. The first-order valence-corrected chi connectivity index (χ1v) is 11.5. The van der Waals surface area contributed by atoms with Crippen molar-refractivity contribution >= 4 is 33.2 Å². The van der Waals surface area contributed by atoms with Gasteiger partial charge in [0.1, 0.15) is 12.4 Å². The molecule has 0 saturated heterocycles. The van der Waals surface area contributed by atoms with Gasteiger partial charge in [-0.05, 0) is 67.6 Å². The number of amides is 1. The molecule has 1 heterocycles. The van der Waals surface area contributed by atoms with E-state index in [0.29, 0.717) is 23.7 Å². The Morgan fingerprint density at radius 2 is 2.03 bits per heavy atom. The van der Waals surface area contributed by atoms with Gasteiger partial charge in [-0.1, -0.05) is 17.7 Å². The van der Waals surface area contributed by atoms with Gasteiger partial charge in [0, 0.05) is 29.7 Å². The van der Waals surface area contributed by atoms with Gasteiger partial charge in [0.05, 0.1) is 4.90 Å². The number of nitrogens with zero attached hydrogens (tertiary/aromatic N) is 1. The minimum atomic E-state index is -3.65. The summed E-state index contributed by atoms with van der Waals surface area (Å²) in [5.41, 5.74) is 2.68. The van der Waals surface area contributed by atoms with E-state index in [-0.39, 0.29) is 29.9 Å². The molecule has 1 aliphatic carbocycles. The molecular weight excluding hydrogens is 412 g/mol. The van der Waals surface area contributed by atoms with Gasteiger partial charge in [0.2, 0.25) is 15.9 Å². The van der Waals surface area contributed by atoms with E-state index in [1.807, 2.05) is 13.0 Å². The van der Waals surface area contributed by atoms with Gasteiger partial charge in [-0.3, -0.25) is 4.79 Å². The smallest absolute Gasteiger partial charge is 0.240 e. The zero-order valence-corrected chi connectivity index (χ0v) is 17.7. The number of anilines is 1. The van der Waals surface area contributed by atoms with Gasteiger partial charge in [0.15, 0.2) is 0 Å². The van der Waals surface area contributed by atoms with Crippen LogP contribution in [0.1, 0.15) is 24.0 Å². The Morgan fingerprint density at radius 3 is 2.76 bits per heavy atom. The van der Waals surface area contributed by atoms with E-state index in [1.165, 1.54) is 0 Å². The minimum Gasteiger partial charge on any atom is -0.492 e. The lowest BCUT2D eigenvalue weighted by atomic mass is 10.2. The monoisotopic (exact) mass is 434 g/mol. The van der Waals surface area contributed by atoms with Crippen molar-refractivity contribution in [3.05, 3.63) is 52.5 Å². The average molecular weight is 435 g/mol. The Hall–Kier alpha value is -2.09. The highest BCUT2D eigenvalue weighted by Crippen LogP contribution is 2.37. The second-order valence-corrected chi connectivity index (χ2v) is 9.64. The number of carbonyl (C=O) groups excluding carboxylic acids is 1. The molecule has 2 aliphatic rings. The summed E-state index contributed by atoms with van der Waals surface area (Å²) >= 11 is 6.06. The van der Waals surface area contributed by atoms with Crippen LogP contribution in [-0.4, -0.2) is 34.0 Å². The lowest BCUT2D eigenvalue weighted by molar-refractivity contribution is -0.119. The van der Waals surface area contributed by atoms with Crippen LogP contribution in [0.4, 0.5) is 5.69 Å². The van der Waals surface area contributed by atoms with Crippen LogP contribution in [0.2, 0.25) is 5.02 Å². The van der Waals surface area contributed by atoms with Crippen LogP contribution < -0.4 is 14.4 Å². The molecule has 2 aromatic rings. The number of nitrogens with one attached hydrogen (secondary N) is 1. The number of hydrogen-bond donors (Lipinski definition) is 1. The molecule has 0 bridgehead atoms. The summed E-state index contributed by atoms with van der Waals surface area (Å²) in [7, 11) is -3.65. The van der Waals surface area contributed by atoms with E-state index in [2.05, 4.69) is 4.72 Å². The van der Waals surface area contributed by atoms with E-state index >= 15 is 0 Å². The zero-order valence-electron chi connectivity index (χ0n) is 16.2. The van der Waals surface area contributed by atoms with E-state index < -0.39 is 10.0 Å². The average Bonchev–Trinajstić information content (AvgIpc) is 3.46. The molecule has 0 aromatic heterocycles. The quantitative estimate of drug-likeness (QED) is 0.678. The number of sulfonamides is 1. The van der Waals surface area contributed by atoms with Crippen LogP contribution in [0.5, 0.6) is 5.75 Å². The summed E-state index contributed by atoms with van der Waals surface area (Å²) in [5.74, 6) is 0.901. The fourth-order valence-electron chi connectivity index (χ4n) is 3.42. The Morgan fingerprint density at radius 1 is 1.24 bits per heavy atom. The highest BCUT2D eigenvalue weighted by atomic mass is 35.5. The normalized spacial score (nSPS) is 16.0. The molecule has 6 nitrogen and oxygen atoms in total. The third-order valence-corrected chi connectivity index (χ3v) is 7.12. The summed E-state index contributed by atoms with van der Waals surface area (Å²) in [5, 5.41) is 0.607. The third kappa shape index (κ3) is 4.42. The molecule has 154 valence electrons. The van der Waals surface area contributed by atoms with E-state index in [9.17, 15) is 13.2 Å².